The van der Waals surface area contributed by atoms with Crippen molar-refractivity contribution in [3.63, 3.8) is 0 Å². The van der Waals surface area contributed by atoms with Crippen molar-refractivity contribution >= 4 is 17.6 Å². The molecule has 0 aliphatic carbocycles. The summed E-state index contributed by atoms with van der Waals surface area (Å²) in [6.45, 7) is 3.89. The highest BCUT2D eigenvalue weighted by molar-refractivity contribution is 6.30. The number of anilines is 1. The number of rotatable bonds is 6. The van der Waals surface area contributed by atoms with Gasteiger partial charge >= 0.3 is 6.01 Å². The Morgan fingerprint density at radius 3 is 2.91 bits per heavy atom. The van der Waals surface area contributed by atoms with E-state index in [9.17, 15) is 0 Å². The first-order valence-electron chi connectivity index (χ1n) is 7.91. The highest BCUT2D eigenvalue weighted by Gasteiger charge is 2.19. The van der Waals surface area contributed by atoms with E-state index in [-0.39, 0.29) is 6.61 Å². The predicted octanol–water partition coefficient (Wildman–Crippen LogP) is 2.51. The number of aliphatic hydroxyl groups is 1. The van der Waals surface area contributed by atoms with Crippen LogP contribution in [0.15, 0.2) is 28.8 Å². The van der Waals surface area contributed by atoms with Crippen LogP contribution < -0.4 is 5.32 Å². The van der Waals surface area contributed by atoms with Crippen molar-refractivity contribution in [3.8, 4) is 11.4 Å². The molecule has 0 saturated carbocycles. The third-order valence-electron chi connectivity index (χ3n) is 4.17. The van der Waals surface area contributed by atoms with E-state index >= 15 is 0 Å². The number of nitrogens with zero attached hydrogens (tertiary/aromatic N) is 3. The fourth-order valence-corrected chi connectivity index (χ4v) is 3.02. The lowest BCUT2D eigenvalue weighted by Gasteiger charge is -2.31. The molecule has 3 rings (SSSR count). The van der Waals surface area contributed by atoms with Gasteiger partial charge in [-0.25, -0.2) is 0 Å². The molecule has 0 amide bonds. The summed E-state index contributed by atoms with van der Waals surface area (Å²) in [4.78, 5) is 6.65. The summed E-state index contributed by atoms with van der Waals surface area (Å²) in [5, 5.41) is 16.8. The first kappa shape index (κ1) is 16.2. The Balaban J connectivity index is 1.50. The molecule has 0 spiro atoms. The van der Waals surface area contributed by atoms with Crippen LogP contribution in [-0.2, 0) is 0 Å². The average molecular weight is 337 g/mol. The maximum Gasteiger partial charge on any atom is 0.321 e. The fourth-order valence-electron chi connectivity index (χ4n) is 2.83. The highest BCUT2D eigenvalue weighted by Crippen LogP contribution is 2.22. The second-order valence-electron chi connectivity index (χ2n) is 5.82. The molecule has 0 unspecified atom stereocenters. The molecule has 1 fully saturated rings. The molecule has 0 bridgehead atoms. The van der Waals surface area contributed by atoms with Gasteiger partial charge in [-0.3, -0.25) is 0 Å². The Morgan fingerprint density at radius 2 is 2.17 bits per heavy atom. The molecule has 1 aliphatic rings. The van der Waals surface area contributed by atoms with Crippen molar-refractivity contribution in [3.05, 3.63) is 29.3 Å². The molecule has 1 saturated heterocycles. The van der Waals surface area contributed by atoms with E-state index in [4.69, 9.17) is 21.2 Å². The topological polar surface area (TPSA) is 74.4 Å². The van der Waals surface area contributed by atoms with Crippen LogP contribution >= 0.6 is 11.6 Å². The van der Waals surface area contributed by atoms with Gasteiger partial charge in [0.05, 0.1) is 6.61 Å². The minimum atomic E-state index is 0.233. The largest absolute Gasteiger partial charge is 0.395 e. The number of hydrogen-bond acceptors (Lipinski definition) is 6. The van der Waals surface area contributed by atoms with Gasteiger partial charge in [0.1, 0.15) is 0 Å². The van der Waals surface area contributed by atoms with E-state index in [1.165, 1.54) is 0 Å². The van der Waals surface area contributed by atoms with Crippen molar-refractivity contribution in [1.82, 2.24) is 15.0 Å². The first-order chi connectivity index (χ1) is 11.2. The van der Waals surface area contributed by atoms with Crippen LogP contribution in [0.5, 0.6) is 0 Å². The van der Waals surface area contributed by atoms with Crippen LogP contribution in [0.1, 0.15) is 12.8 Å². The molecule has 0 radical (unpaired) electrons. The number of hydrogen-bond donors (Lipinski definition) is 2. The normalized spacial score (nSPS) is 16.6. The number of nitrogens with one attached hydrogen (secondary N) is 1. The first-order valence-corrected chi connectivity index (χ1v) is 8.29. The lowest BCUT2D eigenvalue weighted by atomic mass is 9.97. The van der Waals surface area contributed by atoms with Gasteiger partial charge in [0.2, 0.25) is 5.82 Å². The third-order valence-corrected chi connectivity index (χ3v) is 4.41. The maximum absolute atomic E-state index is 8.96. The van der Waals surface area contributed by atoms with Crippen LogP contribution in [0.4, 0.5) is 6.01 Å². The van der Waals surface area contributed by atoms with Crippen LogP contribution in [-0.4, -0.2) is 52.9 Å². The van der Waals surface area contributed by atoms with Crippen molar-refractivity contribution in [2.75, 3.05) is 38.1 Å². The molecule has 6 nitrogen and oxygen atoms in total. The maximum atomic E-state index is 8.96. The SMILES string of the molecule is OCCN1CCC(CNc2nc(-c3cccc(Cl)c3)no2)CC1. The summed E-state index contributed by atoms with van der Waals surface area (Å²) in [6.07, 6.45) is 2.23. The zero-order chi connectivity index (χ0) is 16.1. The highest BCUT2D eigenvalue weighted by atomic mass is 35.5. The van der Waals surface area contributed by atoms with Crippen molar-refractivity contribution < 1.29 is 9.63 Å². The Bertz CT molecular complexity index is 626. The molecule has 2 heterocycles. The minimum Gasteiger partial charge on any atom is -0.395 e. The quantitative estimate of drug-likeness (QED) is 0.844. The average Bonchev–Trinajstić information content (AvgIpc) is 3.04. The van der Waals surface area contributed by atoms with Gasteiger partial charge in [0.15, 0.2) is 0 Å². The lowest BCUT2D eigenvalue weighted by Crippen LogP contribution is -2.37. The molecule has 0 atom stereocenters. The second-order valence-corrected chi connectivity index (χ2v) is 6.26. The monoisotopic (exact) mass is 336 g/mol. The summed E-state index contributed by atoms with van der Waals surface area (Å²) in [6, 6.07) is 7.83. The number of likely N-dealkylation sites (tertiary alicyclic amines) is 1. The van der Waals surface area contributed by atoms with Gasteiger partial charge in [-0.1, -0.05) is 28.9 Å². The molecule has 2 N–H and O–H groups in total. The number of β-amino-alcohol motifs (C(OH)–C–C–N with tert-alkyl or cyclic N) is 1. The molecule has 23 heavy (non-hydrogen) atoms. The number of halogens is 1. The van der Waals surface area contributed by atoms with Gasteiger partial charge < -0.3 is 19.8 Å². The predicted molar refractivity (Wildman–Crippen MR) is 89.5 cm³/mol. The smallest absolute Gasteiger partial charge is 0.321 e. The van der Waals surface area contributed by atoms with Gasteiger partial charge in [-0.15, -0.1) is 0 Å². The second kappa shape index (κ2) is 7.77. The molecular weight excluding hydrogens is 316 g/mol. The van der Waals surface area contributed by atoms with Crippen LogP contribution in [0.2, 0.25) is 5.02 Å². The molecule has 1 aromatic heterocycles. The number of aliphatic hydroxyl groups excluding tert-OH is 1. The van der Waals surface area contributed by atoms with Crippen molar-refractivity contribution in [1.29, 1.82) is 0 Å². The van der Waals surface area contributed by atoms with Gasteiger partial charge in [-0.05, 0) is 44.0 Å². The number of piperidine rings is 1. The summed E-state index contributed by atoms with van der Waals surface area (Å²) >= 11 is 5.98. The summed E-state index contributed by atoms with van der Waals surface area (Å²) in [5.41, 5.74) is 0.839. The minimum absolute atomic E-state index is 0.233. The number of benzene rings is 1. The zero-order valence-corrected chi connectivity index (χ0v) is 13.7. The Kier molecular flexibility index (Phi) is 5.48. The molecule has 1 aliphatic heterocycles. The standard InChI is InChI=1S/C16H21ClN4O2/c17-14-3-1-2-13(10-14)15-19-16(23-20-15)18-11-12-4-6-21(7-5-12)8-9-22/h1-3,10,12,22H,4-9,11H2,(H,18,19,20). The van der Waals surface area contributed by atoms with E-state index < -0.39 is 0 Å². The van der Waals surface area contributed by atoms with Crippen molar-refractivity contribution in [2.24, 2.45) is 5.92 Å². The molecule has 7 heteroatoms. The number of aromatic nitrogens is 2. The summed E-state index contributed by atoms with van der Waals surface area (Å²) < 4.78 is 5.25. The fraction of sp³-hybridized carbons (Fsp3) is 0.500. The van der Waals surface area contributed by atoms with Gasteiger partial charge in [-0.2, -0.15) is 4.98 Å². The molecular formula is C16H21ClN4O2. The van der Waals surface area contributed by atoms with Gasteiger partial charge in [0.25, 0.3) is 0 Å². The van der Waals surface area contributed by atoms with E-state index in [0.717, 1.165) is 44.6 Å². The van der Waals surface area contributed by atoms with Crippen LogP contribution in [0, 0.1) is 5.92 Å². The molecule has 124 valence electrons. The van der Waals surface area contributed by atoms with Crippen LogP contribution in [0.3, 0.4) is 0 Å². The molecule has 2 aromatic rings. The van der Waals surface area contributed by atoms with Crippen molar-refractivity contribution in [2.45, 2.75) is 12.8 Å². The summed E-state index contributed by atoms with van der Waals surface area (Å²) in [5.74, 6) is 1.12. The van der Waals surface area contributed by atoms with Crippen LogP contribution in [0.25, 0.3) is 11.4 Å². The summed E-state index contributed by atoms with van der Waals surface area (Å²) in [7, 11) is 0. The zero-order valence-electron chi connectivity index (χ0n) is 12.9. The Hall–Kier alpha value is -1.63. The molecule has 1 aromatic carbocycles. The lowest BCUT2D eigenvalue weighted by molar-refractivity contribution is 0.150. The van der Waals surface area contributed by atoms with E-state index in [0.29, 0.717) is 22.8 Å². The van der Waals surface area contributed by atoms with Gasteiger partial charge in [0, 0.05) is 23.7 Å². The third kappa shape index (κ3) is 4.43. The van der Waals surface area contributed by atoms with E-state index in [1.54, 1.807) is 0 Å². The van der Waals surface area contributed by atoms with E-state index in [2.05, 4.69) is 20.4 Å². The van der Waals surface area contributed by atoms with E-state index in [1.807, 2.05) is 24.3 Å². The Morgan fingerprint density at radius 1 is 1.35 bits per heavy atom. The Labute approximate surface area is 140 Å².